The molecule has 0 aliphatic rings. The molecule has 5 nitrogen and oxygen atoms in total. The average molecular weight is 245 g/mol. The SMILES string of the molecule is COc1ccc(CNc2cn[nH]c(=O)c2C)cc1. The quantitative estimate of drug-likeness (QED) is 0.860. The maximum atomic E-state index is 11.4. The van der Waals surface area contributed by atoms with Gasteiger partial charge in [0.05, 0.1) is 19.0 Å². The Bertz CT molecular complexity index is 576. The lowest BCUT2D eigenvalue weighted by atomic mass is 10.2. The van der Waals surface area contributed by atoms with Gasteiger partial charge in [-0.25, -0.2) is 5.10 Å². The highest BCUT2D eigenvalue weighted by atomic mass is 16.5. The van der Waals surface area contributed by atoms with Crippen LogP contribution < -0.4 is 15.6 Å². The second-order valence-corrected chi connectivity index (χ2v) is 3.94. The number of nitrogens with zero attached hydrogens (tertiary/aromatic N) is 1. The molecule has 94 valence electrons. The van der Waals surface area contributed by atoms with Gasteiger partial charge in [-0.05, 0) is 24.6 Å². The number of anilines is 1. The number of aromatic amines is 1. The van der Waals surface area contributed by atoms with Gasteiger partial charge in [0.15, 0.2) is 0 Å². The van der Waals surface area contributed by atoms with Gasteiger partial charge < -0.3 is 10.1 Å². The molecule has 1 heterocycles. The minimum Gasteiger partial charge on any atom is -0.497 e. The Labute approximate surface area is 105 Å². The highest BCUT2D eigenvalue weighted by Crippen LogP contribution is 2.13. The molecule has 0 amide bonds. The van der Waals surface area contributed by atoms with Crippen LogP contribution in [0.5, 0.6) is 5.75 Å². The molecule has 18 heavy (non-hydrogen) atoms. The molecule has 0 unspecified atom stereocenters. The van der Waals surface area contributed by atoms with Crippen LogP contribution in [-0.2, 0) is 6.54 Å². The summed E-state index contributed by atoms with van der Waals surface area (Å²) in [5.41, 5.74) is 2.32. The van der Waals surface area contributed by atoms with Gasteiger partial charge in [-0.15, -0.1) is 0 Å². The molecule has 0 saturated carbocycles. The fourth-order valence-corrected chi connectivity index (χ4v) is 1.58. The molecule has 0 aliphatic carbocycles. The van der Waals surface area contributed by atoms with Crippen molar-refractivity contribution in [3.63, 3.8) is 0 Å². The standard InChI is InChI=1S/C13H15N3O2/c1-9-12(8-15-16-13(9)17)14-7-10-3-5-11(18-2)6-4-10/h3-6,8H,7H2,1-2H3,(H2,14,16,17). The molecule has 2 aromatic rings. The van der Waals surface area contributed by atoms with Crippen LogP contribution in [0.25, 0.3) is 0 Å². The minimum absolute atomic E-state index is 0.172. The Morgan fingerprint density at radius 3 is 2.72 bits per heavy atom. The van der Waals surface area contributed by atoms with E-state index in [1.54, 1.807) is 20.2 Å². The van der Waals surface area contributed by atoms with Crippen LogP contribution in [0.1, 0.15) is 11.1 Å². The minimum atomic E-state index is -0.172. The lowest BCUT2D eigenvalue weighted by molar-refractivity contribution is 0.414. The molecule has 0 radical (unpaired) electrons. The van der Waals surface area contributed by atoms with Crippen LogP contribution in [0.2, 0.25) is 0 Å². The first-order valence-electron chi connectivity index (χ1n) is 5.62. The van der Waals surface area contributed by atoms with Gasteiger partial charge in [0, 0.05) is 12.1 Å². The zero-order valence-corrected chi connectivity index (χ0v) is 10.4. The Morgan fingerprint density at radius 1 is 1.33 bits per heavy atom. The van der Waals surface area contributed by atoms with E-state index in [2.05, 4.69) is 15.5 Å². The predicted molar refractivity (Wildman–Crippen MR) is 69.9 cm³/mol. The number of nitrogens with one attached hydrogen (secondary N) is 2. The monoisotopic (exact) mass is 245 g/mol. The Morgan fingerprint density at radius 2 is 2.06 bits per heavy atom. The van der Waals surface area contributed by atoms with Gasteiger partial charge in [-0.1, -0.05) is 12.1 Å². The van der Waals surface area contributed by atoms with Crippen molar-refractivity contribution in [3.8, 4) is 5.75 Å². The normalized spacial score (nSPS) is 10.1. The van der Waals surface area contributed by atoms with Crippen molar-refractivity contribution >= 4 is 5.69 Å². The number of hydrogen-bond donors (Lipinski definition) is 2. The molecule has 0 spiro atoms. The smallest absolute Gasteiger partial charge is 0.269 e. The van der Waals surface area contributed by atoms with Crippen molar-refractivity contribution in [1.82, 2.24) is 10.2 Å². The van der Waals surface area contributed by atoms with Crippen molar-refractivity contribution in [2.45, 2.75) is 13.5 Å². The lowest BCUT2D eigenvalue weighted by Gasteiger charge is -2.08. The topological polar surface area (TPSA) is 67.0 Å². The van der Waals surface area contributed by atoms with Crippen LogP contribution >= 0.6 is 0 Å². The third kappa shape index (κ3) is 2.68. The summed E-state index contributed by atoms with van der Waals surface area (Å²) in [6, 6.07) is 7.75. The molecule has 2 N–H and O–H groups in total. The van der Waals surface area contributed by atoms with Crippen LogP contribution in [0.4, 0.5) is 5.69 Å². The summed E-state index contributed by atoms with van der Waals surface area (Å²) < 4.78 is 5.09. The molecular weight excluding hydrogens is 230 g/mol. The molecule has 5 heteroatoms. The van der Waals surface area contributed by atoms with E-state index in [0.717, 1.165) is 17.0 Å². The maximum absolute atomic E-state index is 11.4. The maximum Gasteiger partial charge on any atom is 0.269 e. The molecule has 1 aromatic heterocycles. The first-order valence-corrected chi connectivity index (χ1v) is 5.62. The fourth-order valence-electron chi connectivity index (χ4n) is 1.58. The first-order chi connectivity index (χ1) is 8.70. The second-order valence-electron chi connectivity index (χ2n) is 3.94. The molecule has 0 aliphatic heterocycles. The summed E-state index contributed by atoms with van der Waals surface area (Å²) in [7, 11) is 1.64. The fraction of sp³-hybridized carbons (Fsp3) is 0.231. The Hall–Kier alpha value is -2.30. The van der Waals surface area contributed by atoms with E-state index in [-0.39, 0.29) is 5.56 Å². The van der Waals surface area contributed by atoms with E-state index in [0.29, 0.717) is 12.1 Å². The van der Waals surface area contributed by atoms with Gasteiger partial charge >= 0.3 is 0 Å². The lowest BCUT2D eigenvalue weighted by Crippen LogP contribution is -2.14. The number of ether oxygens (including phenoxy) is 1. The molecule has 2 rings (SSSR count). The van der Waals surface area contributed by atoms with Gasteiger partial charge in [0.25, 0.3) is 5.56 Å². The molecular formula is C13H15N3O2. The van der Waals surface area contributed by atoms with E-state index in [4.69, 9.17) is 4.74 Å². The first kappa shape index (κ1) is 12.2. The number of aromatic nitrogens is 2. The number of benzene rings is 1. The number of H-pyrrole nitrogens is 1. The summed E-state index contributed by atoms with van der Waals surface area (Å²) in [5, 5.41) is 9.34. The van der Waals surface area contributed by atoms with Crippen molar-refractivity contribution in [3.05, 3.63) is 51.9 Å². The molecule has 0 bridgehead atoms. The number of hydrogen-bond acceptors (Lipinski definition) is 4. The largest absolute Gasteiger partial charge is 0.497 e. The van der Waals surface area contributed by atoms with Crippen molar-refractivity contribution in [2.24, 2.45) is 0 Å². The van der Waals surface area contributed by atoms with Gasteiger partial charge in [0.1, 0.15) is 5.75 Å². The summed E-state index contributed by atoms with van der Waals surface area (Å²) in [4.78, 5) is 11.4. The highest BCUT2D eigenvalue weighted by molar-refractivity contribution is 5.47. The van der Waals surface area contributed by atoms with Crippen LogP contribution in [0.3, 0.4) is 0 Å². The summed E-state index contributed by atoms with van der Waals surface area (Å²) in [6.07, 6.45) is 1.61. The van der Waals surface area contributed by atoms with Gasteiger partial charge in [-0.2, -0.15) is 5.10 Å². The van der Waals surface area contributed by atoms with Gasteiger partial charge in [0.2, 0.25) is 0 Å². The highest BCUT2D eigenvalue weighted by Gasteiger charge is 2.02. The number of rotatable bonds is 4. The Kier molecular flexibility index (Phi) is 3.62. The molecule has 0 atom stereocenters. The predicted octanol–water partition coefficient (Wildman–Crippen LogP) is 1.70. The molecule has 1 aromatic carbocycles. The Balaban J connectivity index is 2.06. The summed E-state index contributed by atoms with van der Waals surface area (Å²) >= 11 is 0. The molecule has 0 fully saturated rings. The zero-order chi connectivity index (χ0) is 13.0. The van der Waals surface area contributed by atoms with E-state index >= 15 is 0 Å². The summed E-state index contributed by atoms with van der Waals surface area (Å²) in [5.74, 6) is 0.827. The third-order valence-corrected chi connectivity index (χ3v) is 2.75. The number of methoxy groups -OCH3 is 1. The summed E-state index contributed by atoms with van der Waals surface area (Å²) in [6.45, 7) is 2.40. The third-order valence-electron chi connectivity index (χ3n) is 2.75. The van der Waals surface area contributed by atoms with Crippen molar-refractivity contribution in [2.75, 3.05) is 12.4 Å². The van der Waals surface area contributed by atoms with Crippen LogP contribution in [-0.4, -0.2) is 17.3 Å². The second kappa shape index (κ2) is 5.35. The van der Waals surface area contributed by atoms with E-state index in [9.17, 15) is 4.79 Å². The van der Waals surface area contributed by atoms with Crippen molar-refractivity contribution < 1.29 is 4.74 Å². The van der Waals surface area contributed by atoms with E-state index < -0.39 is 0 Å². The van der Waals surface area contributed by atoms with Crippen molar-refractivity contribution in [1.29, 1.82) is 0 Å². The van der Waals surface area contributed by atoms with Crippen LogP contribution in [0, 0.1) is 6.92 Å². The van der Waals surface area contributed by atoms with E-state index in [1.165, 1.54) is 0 Å². The average Bonchev–Trinajstić information content (AvgIpc) is 2.41. The zero-order valence-electron chi connectivity index (χ0n) is 10.4. The van der Waals surface area contributed by atoms with E-state index in [1.807, 2.05) is 24.3 Å². The van der Waals surface area contributed by atoms with Gasteiger partial charge in [-0.3, -0.25) is 4.79 Å². The molecule has 0 saturated heterocycles. The van der Waals surface area contributed by atoms with Crippen LogP contribution in [0.15, 0.2) is 35.3 Å².